The fourth-order valence-electron chi connectivity index (χ4n) is 11.3. The van der Waals surface area contributed by atoms with Crippen LogP contribution in [0, 0.1) is 13.8 Å². The zero-order valence-corrected chi connectivity index (χ0v) is 38.5. The molecule has 3 heterocycles. The van der Waals surface area contributed by atoms with Crippen molar-refractivity contribution in [1.29, 1.82) is 0 Å². The largest absolute Gasteiger partial charge is 0.458 e. The molecular formula is C60H49BN2OSi. The van der Waals surface area contributed by atoms with Crippen molar-refractivity contribution in [1.82, 2.24) is 0 Å². The molecule has 0 atom stereocenters. The van der Waals surface area contributed by atoms with E-state index in [1.54, 1.807) is 0 Å². The Labute approximate surface area is 384 Å². The highest BCUT2D eigenvalue weighted by atomic mass is 28.3. The molecule has 0 aromatic heterocycles. The van der Waals surface area contributed by atoms with Gasteiger partial charge in [0, 0.05) is 34.5 Å². The molecule has 0 saturated carbocycles. The molecule has 5 heteroatoms. The van der Waals surface area contributed by atoms with Gasteiger partial charge in [0.05, 0.1) is 5.69 Å². The molecule has 0 radical (unpaired) electrons. The lowest BCUT2D eigenvalue weighted by Crippen LogP contribution is -2.73. The third kappa shape index (κ3) is 5.88. The van der Waals surface area contributed by atoms with Crippen LogP contribution < -0.4 is 51.7 Å². The Hall–Kier alpha value is -7.34. The molecule has 0 saturated heterocycles. The van der Waals surface area contributed by atoms with Crippen molar-refractivity contribution < 1.29 is 4.74 Å². The highest BCUT2D eigenvalue weighted by Crippen LogP contribution is 2.49. The number of para-hydroxylation sites is 4. The summed E-state index contributed by atoms with van der Waals surface area (Å²) in [4.78, 5) is 5.03. The summed E-state index contributed by atoms with van der Waals surface area (Å²) in [7, 11) is -2.80. The second-order valence-electron chi connectivity index (χ2n) is 18.9. The Balaban J connectivity index is 1.20. The molecule has 312 valence electrons. The summed E-state index contributed by atoms with van der Waals surface area (Å²) < 4.78 is 7.22. The summed E-state index contributed by atoms with van der Waals surface area (Å²) in [5.74, 6) is 1.79. The van der Waals surface area contributed by atoms with E-state index in [1.165, 1.54) is 70.6 Å². The van der Waals surface area contributed by atoms with Gasteiger partial charge in [-0.3, -0.25) is 0 Å². The van der Waals surface area contributed by atoms with Gasteiger partial charge in [-0.05, 0) is 121 Å². The smallest absolute Gasteiger partial charge is 0.256 e. The Morgan fingerprint density at radius 3 is 1.82 bits per heavy atom. The third-order valence-corrected chi connectivity index (χ3v) is 19.0. The Morgan fingerprint density at radius 1 is 0.477 bits per heavy atom. The molecular weight excluding hydrogens is 804 g/mol. The number of hydrogen-bond donors (Lipinski definition) is 0. The minimum absolute atomic E-state index is 0.0738. The number of rotatable bonds is 6. The van der Waals surface area contributed by atoms with E-state index >= 15 is 0 Å². The predicted molar refractivity (Wildman–Crippen MR) is 278 cm³/mol. The van der Waals surface area contributed by atoms with Gasteiger partial charge in [0.25, 0.3) is 6.71 Å². The van der Waals surface area contributed by atoms with E-state index < -0.39 is 8.07 Å². The highest BCUT2D eigenvalue weighted by Gasteiger charge is 2.51. The average molecular weight is 853 g/mol. The van der Waals surface area contributed by atoms with E-state index in [4.69, 9.17) is 4.74 Å². The zero-order valence-electron chi connectivity index (χ0n) is 37.5. The van der Waals surface area contributed by atoms with Crippen molar-refractivity contribution in [3.8, 4) is 22.6 Å². The van der Waals surface area contributed by atoms with Gasteiger partial charge in [0.1, 0.15) is 11.5 Å². The highest BCUT2D eigenvalue weighted by molar-refractivity contribution is 7.22. The van der Waals surface area contributed by atoms with Gasteiger partial charge in [-0.1, -0.05) is 185 Å². The summed E-state index contributed by atoms with van der Waals surface area (Å²) in [5, 5.41) is 5.67. The van der Waals surface area contributed by atoms with E-state index in [1.807, 2.05) is 0 Å². The van der Waals surface area contributed by atoms with Crippen molar-refractivity contribution in [3.63, 3.8) is 0 Å². The number of anilines is 6. The first kappa shape index (κ1) is 39.3. The van der Waals surface area contributed by atoms with Gasteiger partial charge in [0.2, 0.25) is 0 Å². The van der Waals surface area contributed by atoms with Crippen molar-refractivity contribution in [2.24, 2.45) is 0 Å². The second-order valence-corrected chi connectivity index (χ2v) is 22.7. The van der Waals surface area contributed by atoms with Crippen LogP contribution in [0.3, 0.4) is 0 Å². The lowest BCUT2D eigenvalue weighted by atomic mass is 9.34. The van der Waals surface area contributed by atoms with Gasteiger partial charge < -0.3 is 14.5 Å². The number of fused-ring (bicyclic) bond motifs is 7. The van der Waals surface area contributed by atoms with Gasteiger partial charge in [-0.25, -0.2) is 0 Å². The Kier molecular flexibility index (Phi) is 8.98. The molecule has 12 rings (SSSR count). The maximum Gasteiger partial charge on any atom is 0.256 e. The maximum atomic E-state index is 7.22. The molecule has 0 N–H and O–H groups in total. The van der Waals surface area contributed by atoms with E-state index in [-0.39, 0.29) is 12.1 Å². The number of ether oxygens (including phenoxy) is 1. The summed E-state index contributed by atoms with van der Waals surface area (Å²) >= 11 is 0. The number of benzene rings is 9. The van der Waals surface area contributed by atoms with Gasteiger partial charge >= 0.3 is 0 Å². The summed E-state index contributed by atoms with van der Waals surface area (Å²) in [6, 6.07) is 77.1. The molecule has 0 spiro atoms. The summed E-state index contributed by atoms with van der Waals surface area (Å²) in [6.07, 6.45) is 0. The number of aryl methyl sites for hydroxylation is 2. The number of hydrogen-bond acceptors (Lipinski definition) is 3. The van der Waals surface area contributed by atoms with Gasteiger partial charge in [-0.15, -0.1) is 0 Å². The summed E-state index contributed by atoms with van der Waals surface area (Å²) in [6.45, 7) is 11.3. The van der Waals surface area contributed by atoms with Crippen LogP contribution in [-0.2, 0) is 5.41 Å². The van der Waals surface area contributed by atoms with E-state index in [0.29, 0.717) is 0 Å². The van der Waals surface area contributed by atoms with Crippen molar-refractivity contribution in [3.05, 3.63) is 223 Å². The molecule has 3 aliphatic heterocycles. The molecule has 3 aliphatic rings. The fourth-order valence-corrected chi connectivity index (χ4v) is 16.5. The molecule has 0 bridgehead atoms. The average Bonchev–Trinajstić information content (AvgIpc) is 3.62. The van der Waals surface area contributed by atoms with Crippen molar-refractivity contribution in [2.45, 2.75) is 40.0 Å². The molecule has 0 fully saturated rings. The molecule has 0 unspecified atom stereocenters. The topological polar surface area (TPSA) is 15.7 Å². The third-order valence-electron chi connectivity index (χ3n) is 14.2. The predicted octanol–water partition coefficient (Wildman–Crippen LogP) is 10.8. The molecule has 9 aromatic carbocycles. The van der Waals surface area contributed by atoms with Crippen LogP contribution in [-0.4, -0.2) is 14.8 Å². The SMILES string of the molecule is Cc1ccccc1N(c1cc2c3c(c1)N(c1ccccc1C)c1cc4c(cc1B3c1ccccc1O2)[Si](c1ccccc1)(c1ccccc1)c1ccccc1-4)c1ccccc1C(C)(C)C. The minimum Gasteiger partial charge on any atom is -0.458 e. The monoisotopic (exact) mass is 852 g/mol. The molecule has 0 aliphatic carbocycles. The minimum atomic E-state index is -2.80. The number of nitrogens with zero attached hydrogens (tertiary/aromatic N) is 2. The normalized spacial score (nSPS) is 13.8. The standard InChI is InChI=1S/C60H49BN2OSi/c1-40-22-12-17-31-50(40)62(52-33-19-15-29-47(52)60(3,4)5)42-36-54-59-56(37-42)64-55-34-20-16-30-48(55)61(59)49-39-58-46(38-53(49)63(54)51-32-18-13-23-41(51)2)45-28-14-21-35-57(45)65(58,43-24-8-6-9-25-43)44-26-10-7-11-27-44/h6-39H,1-5H3. The quantitative estimate of drug-likeness (QED) is 0.155. The first-order valence-corrected chi connectivity index (χ1v) is 24.9. The van der Waals surface area contributed by atoms with Crippen LogP contribution in [0.2, 0.25) is 0 Å². The Morgan fingerprint density at radius 2 is 1.09 bits per heavy atom. The molecule has 65 heavy (non-hydrogen) atoms. The van der Waals surface area contributed by atoms with Gasteiger partial charge in [-0.2, -0.15) is 0 Å². The van der Waals surface area contributed by atoms with E-state index in [0.717, 1.165) is 39.9 Å². The van der Waals surface area contributed by atoms with Crippen LogP contribution in [0.15, 0.2) is 206 Å². The first-order chi connectivity index (χ1) is 31.7. The lowest BCUT2D eigenvalue weighted by Gasteiger charge is -2.42. The van der Waals surface area contributed by atoms with Crippen molar-refractivity contribution >= 4 is 86.0 Å². The molecule has 0 amide bonds. The zero-order chi connectivity index (χ0) is 44.0. The van der Waals surface area contributed by atoms with Gasteiger partial charge in [0.15, 0.2) is 8.07 Å². The second kappa shape index (κ2) is 14.9. The van der Waals surface area contributed by atoms with E-state index in [9.17, 15) is 0 Å². The van der Waals surface area contributed by atoms with Crippen LogP contribution in [0.1, 0.15) is 37.5 Å². The van der Waals surface area contributed by atoms with Crippen LogP contribution >= 0.6 is 0 Å². The summed E-state index contributed by atoms with van der Waals surface area (Å²) in [5.41, 5.74) is 16.7. The van der Waals surface area contributed by atoms with Crippen LogP contribution in [0.25, 0.3) is 11.1 Å². The molecule has 9 aromatic rings. The Bertz CT molecular complexity index is 3300. The molecule has 3 nitrogen and oxygen atoms in total. The van der Waals surface area contributed by atoms with E-state index in [2.05, 4.69) is 251 Å². The fraction of sp³-hybridized carbons (Fsp3) is 0.100. The maximum absolute atomic E-state index is 7.22. The van der Waals surface area contributed by atoms with Crippen molar-refractivity contribution in [2.75, 3.05) is 9.80 Å². The van der Waals surface area contributed by atoms with Crippen LogP contribution in [0.4, 0.5) is 34.1 Å². The first-order valence-electron chi connectivity index (χ1n) is 22.9. The lowest BCUT2D eigenvalue weighted by molar-refractivity contribution is 0.487. The van der Waals surface area contributed by atoms with Crippen LogP contribution in [0.5, 0.6) is 11.5 Å².